The van der Waals surface area contributed by atoms with Gasteiger partial charge in [0.15, 0.2) is 0 Å². The highest BCUT2D eigenvalue weighted by Gasteiger charge is 2.14. The van der Waals surface area contributed by atoms with Crippen molar-refractivity contribution in [2.45, 2.75) is 72.3 Å². The van der Waals surface area contributed by atoms with E-state index in [4.69, 9.17) is 14.2 Å². The molecule has 3 aromatic carbocycles. The summed E-state index contributed by atoms with van der Waals surface area (Å²) >= 11 is 0. The molecule has 3 rings (SSSR count). The highest BCUT2D eigenvalue weighted by molar-refractivity contribution is 5.91. The van der Waals surface area contributed by atoms with Crippen molar-refractivity contribution in [2.75, 3.05) is 0 Å². The number of rotatable bonds is 13. The molecule has 0 bridgehead atoms. The number of benzene rings is 3. The molecule has 5 nitrogen and oxygen atoms in total. The maximum Gasteiger partial charge on any atom is 0.343 e. The van der Waals surface area contributed by atoms with Crippen LogP contribution in [0.5, 0.6) is 17.2 Å². The van der Waals surface area contributed by atoms with Gasteiger partial charge >= 0.3 is 11.9 Å². The smallest absolute Gasteiger partial charge is 0.343 e. The van der Waals surface area contributed by atoms with Gasteiger partial charge in [0.25, 0.3) is 0 Å². The predicted molar refractivity (Wildman–Crippen MR) is 147 cm³/mol. The summed E-state index contributed by atoms with van der Waals surface area (Å²) in [6.45, 7) is 8.10. The van der Waals surface area contributed by atoms with Gasteiger partial charge in [-0.3, -0.25) is 4.79 Å². The minimum atomic E-state index is -0.451. The van der Waals surface area contributed by atoms with E-state index in [1.165, 1.54) is 25.7 Å². The Morgan fingerprint density at radius 3 is 1.78 bits per heavy atom. The lowest BCUT2D eigenvalue weighted by Gasteiger charge is -2.15. The van der Waals surface area contributed by atoms with E-state index in [1.54, 1.807) is 36.4 Å². The molecule has 0 fully saturated rings. The van der Waals surface area contributed by atoms with Crippen LogP contribution in [0.15, 0.2) is 72.8 Å². The van der Waals surface area contributed by atoms with Gasteiger partial charge in [0, 0.05) is 0 Å². The molecule has 0 spiro atoms. The summed E-state index contributed by atoms with van der Waals surface area (Å²) in [4.78, 5) is 24.5. The van der Waals surface area contributed by atoms with Crippen LogP contribution >= 0.6 is 0 Å². The van der Waals surface area contributed by atoms with E-state index < -0.39 is 5.97 Å². The van der Waals surface area contributed by atoms with Crippen molar-refractivity contribution < 1.29 is 23.8 Å². The Labute approximate surface area is 220 Å². The molecule has 1 unspecified atom stereocenters. The first-order chi connectivity index (χ1) is 17.9. The summed E-state index contributed by atoms with van der Waals surface area (Å²) in [5.41, 5.74) is 2.50. The third-order valence-electron chi connectivity index (χ3n) is 6.38. The third-order valence-corrected chi connectivity index (χ3v) is 6.38. The molecule has 37 heavy (non-hydrogen) atoms. The molecule has 3 aromatic rings. The summed E-state index contributed by atoms with van der Waals surface area (Å²) in [7, 11) is 0. The standard InChI is InChI=1S/C32H38O5/c1-5-7-8-9-10-24(4)35-28-17-15-26(16-18-28)25-11-13-27(14-12-25)32(34)37-30-21-19-29(20-22-30)36-31(33)23(3)6-2/h11-24H,5-10H2,1-4H3/t23-,24?/m0/s1. The second kappa shape index (κ2) is 14.2. The maximum absolute atomic E-state index is 12.6. The lowest BCUT2D eigenvalue weighted by molar-refractivity contribution is -0.138. The summed E-state index contributed by atoms with van der Waals surface area (Å²) in [5.74, 6) is 0.780. The first kappa shape index (κ1) is 28.0. The number of hydrogen-bond donors (Lipinski definition) is 0. The molecule has 0 aliphatic carbocycles. The van der Waals surface area contributed by atoms with Crippen molar-refractivity contribution in [2.24, 2.45) is 5.92 Å². The van der Waals surface area contributed by atoms with E-state index >= 15 is 0 Å². The number of carbonyl (C=O) groups excluding carboxylic acids is 2. The molecule has 0 N–H and O–H groups in total. The van der Waals surface area contributed by atoms with Gasteiger partial charge in [-0.1, -0.05) is 64.3 Å². The minimum Gasteiger partial charge on any atom is -0.491 e. The van der Waals surface area contributed by atoms with Crippen LogP contribution < -0.4 is 14.2 Å². The second-order valence-electron chi connectivity index (χ2n) is 9.47. The molecule has 0 heterocycles. The number of ether oxygens (including phenoxy) is 3. The molecule has 0 aromatic heterocycles. The van der Waals surface area contributed by atoms with Gasteiger partial charge < -0.3 is 14.2 Å². The van der Waals surface area contributed by atoms with Gasteiger partial charge in [-0.2, -0.15) is 0 Å². The second-order valence-corrected chi connectivity index (χ2v) is 9.47. The fourth-order valence-electron chi connectivity index (χ4n) is 3.80. The van der Waals surface area contributed by atoms with Gasteiger partial charge in [0.1, 0.15) is 17.2 Å². The Kier molecular flexibility index (Phi) is 10.8. The van der Waals surface area contributed by atoms with Gasteiger partial charge in [0.05, 0.1) is 17.6 Å². The Balaban J connectivity index is 1.52. The van der Waals surface area contributed by atoms with E-state index in [2.05, 4.69) is 13.8 Å². The quantitative estimate of drug-likeness (QED) is 0.134. The number of esters is 2. The fraction of sp³-hybridized carbons (Fsp3) is 0.375. The van der Waals surface area contributed by atoms with Crippen molar-refractivity contribution in [1.82, 2.24) is 0 Å². The largest absolute Gasteiger partial charge is 0.491 e. The van der Waals surface area contributed by atoms with Crippen LogP contribution in [0.4, 0.5) is 0 Å². The van der Waals surface area contributed by atoms with Crippen LogP contribution in [-0.4, -0.2) is 18.0 Å². The van der Waals surface area contributed by atoms with Crippen LogP contribution in [0.3, 0.4) is 0 Å². The Hall–Kier alpha value is -3.60. The third kappa shape index (κ3) is 8.78. The number of unbranched alkanes of at least 4 members (excludes halogenated alkanes) is 3. The van der Waals surface area contributed by atoms with Crippen molar-refractivity contribution in [1.29, 1.82) is 0 Å². The normalized spacial score (nSPS) is 12.4. The van der Waals surface area contributed by atoms with Gasteiger partial charge in [-0.25, -0.2) is 4.79 Å². The SMILES string of the molecule is CCCCCCC(C)Oc1ccc(-c2ccc(C(=O)Oc3ccc(OC(=O)[C@@H](C)CC)cc3)cc2)cc1. The molecule has 0 amide bonds. The van der Waals surface area contributed by atoms with E-state index in [0.29, 0.717) is 23.5 Å². The summed E-state index contributed by atoms with van der Waals surface area (Å²) < 4.78 is 16.9. The van der Waals surface area contributed by atoms with E-state index in [-0.39, 0.29) is 18.0 Å². The fourth-order valence-corrected chi connectivity index (χ4v) is 3.80. The molecular weight excluding hydrogens is 464 g/mol. The van der Waals surface area contributed by atoms with Gasteiger partial charge in [-0.05, 0) is 85.8 Å². The lowest BCUT2D eigenvalue weighted by Crippen LogP contribution is -2.16. The Morgan fingerprint density at radius 2 is 1.22 bits per heavy atom. The van der Waals surface area contributed by atoms with Crippen LogP contribution in [0.2, 0.25) is 0 Å². The highest BCUT2D eigenvalue weighted by Crippen LogP contribution is 2.25. The molecule has 0 saturated carbocycles. The zero-order valence-electron chi connectivity index (χ0n) is 22.4. The monoisotopic (exact) mass is 502 g/mol. The predicted octanol–water partition coefficient (Wildman–Crippen LogP) is 8.26. The molecular formula is C32H38O5. The van der Waals surface area contributed by atoms with Crippen molar-refractivity contribution >= 4 is 11.9 Å². The first-order valence-corrected chi connectivity index (χ1v) is 13.3. The zero-order chi connectivity index (χ0) is 26.6. The van der Waals surface area contributed by atoms with Crippen LogP contribution in [0.1, 0.15) is 76.6 Å². The van der Waals surface area contributed by atoms with E-state index in [9.17, 15) is 9.59 Å². The van der Waals surface area contributed by atoms with Crippen LogP contribution in [0.25, 0.3) is 11.1 Å². The number of hydrogen-bond acceptors (Lipinski definition) is 5. The molecule has 0 radical (unpaired) electrons. The molecule has 196 valence electrons. The average molecular weight is 503 g/mol. The molecule has 5 heteroatoms. The molecule has 0 saturated heterocycles. The topological polar surface area (TPSA) is 61.8 Å². The van der Waals surface area contributed by atoms with E-state index in [0.717, 1.165) is 23.3 Å². The summed E-state index contributed by atoms with van der Waals surface area (Å²) in [5, 5.41) is 0. The molecule has 0 aliphatic rings. The highest BCUT2D eigenvalue weighted by atomic mass is 16.5. The zero-order valence-corrected chi connectivity index (χ0v) is 22.4. The van der Waals surface area contributed by atoms with Crippen LogP contribution in [-0.2, 0) is 4.79 Å². The van der Waals surface area contributed by atoms with Crippen LogP contribution in [0, 0.1) is 5.92 Å². The first-order valence-electron chi connectivity index (χ1n) is 13.3. The van der Waals surface area contributed by atoms with Gasteiger partial charge in [0.2, 0.25) is 0 Å². The number of carbonyl (C=O) groups is 2. The molecule has 2 atom stereocenters. The summed E-state index contributed by atoms with van der Waals surface area (Å²) in [6.07, 6.45) is 6.95. The van der Waals surface area contributed by atoms with Crippen molar-refractivity contribution in [3.63, 3.8) is 0 Å². The maximum atomic E-state index is 12.6. The van der Waals surface area contributed by atoms with Crippen molar-refractivity contribution in [3.8, 4) is 28.4 Å². The lowest BCUT2D eigenvalue weighted by atomic mass is 10.0. The van der Waals surface area contributed by atoms with Gasteiger partial charge in [-0.15, -0.1) is 0 Å². The summed E-state index contributed by atoms with van der Waals surface area (Å²) in [6, 6.07) is 21.8. The average Bonchev–Trinajstić information content (AvgIpc) is 2.92. The Morgan fingerprint density at radius 1 is 0.676 bits per heavy atom. The van der Waals surface area contributed by atoms with Crippen molar-refractivity contribution in [3.05, 3.63) is 78.4 Å². The Bertz CT molecular complexity index is 1120. The molecule has 0 aliphatic heterocycles. The van der Waals surface area contributed by atoms with E-state index in [1.807, 2.05) is 50.2 Å². The minimum absolute atomic E-state index is 0.166.